The first-order valence-electron chi connectivity index (χ1n) is 12.1. The van der Waals surface area contributed by atoms with Crippen molar-refractivity contribution in [2.24, 2.45) is 0 Å². The molecule has 1 aromatic heterocycles. The van der Waals surface area contributed by atoms with Crippen molar-refractivity contribution in [1.29, 1.82) is 0 Å². The van der Waals surface area contributed by atoms with E-state index in [0.29, 0.717) is 36.1 Å². The van der Waals surface area contributed by atoms with Crippen molar-refractivity contribution in [3.05, 3.63) is 80.2 Å². The van der Waals surface area contributed by atoms with Crippen LogP contribution in [0.15, 0.2) is 45.6 Å². The van der Waals surface area contributed by atoms with E-state index in [2.05, 4.69) is 32.9 Å². The largest absolute Gasteiger partial charge is 0.450 e. The molecule has 1 aliphatic rings. The minimum absolute atomic E-state index is 0.0143. The Kier molecular flexibility index (Phi) is 6.43. The van der Waals surface area contributed by atoms with Crippen molar-refractivity contribution in [1.82, 2.24) is 4.90 Å². The van der Waals surface area contributed by atoms with Crippen molar-refractivity contribution in [2.45, 2.75) is 72.4 Å². The molecule has 0 fully saturated rings. The van der Waals surface area contributed by atoms with Crippen LogP contribution in [0.25, 0.3) is 11.0 Å². The minimum Gasteiger partial charge on any atom is -0.450 e. The highest BCUT2D eigenvalue weighted by Gasteiger charge is 2.42. The number of fused-ring (bicyclic) bond motifs is 2. The number of ether oxygens (including phenoxy) is 1. The van der Waals surface area contributed by atoms with E-state index in [1.165, 1.54) is 5.56 Å². The van der Waals surface area contributed by atoms with Crippen LogP contribution in [0.1, 0.15) is 85.5 Å². The molecule has 34 heavy (non-hydrogen) atoms. The summed E-state index contributed by atoms with van der Waals surface area (Å²) < 4.78 is 11.8. The molecule has 0 spiro atoms. The van der Waals surface area contributed by atoms with Gasteiger partial charge in [-0.05, 0) is 73.9 Å². The van der Waals surface area contributed by atoms with Gasteiger partial charge in [-0.25, -0.2) is 0 Å². The number of carbonyl (C=O) groups excluding carboxylic acids is 1. The standard InChI is InChI=1S/C29H35NO4/c1-17(2)33-14-8-13-30-25(20-9-11-21(12-10-20)29(5,6)7)24-26(31)22-15-18(3)19(4)16-23(22)34-27(24)28(30)32/h9-12,15-17,25H,8,13-14H2,1-7H3. The summed E-state index contributed by atoms with van der Waals surface area (Å²) in [5.41, 5.74) is 4.96. The van der Waals surface area contributed by atoms with Crippen LogP contribution in [0.2, 0.25) is 0 Å². The molecule has 3 aromatic rings. The van der Waals surface area contributed by atoms with Crippen LogP contribution in [0, 0.1) is 13.8 Å². The van der Waals surface area contributed by atoms with Gasteiger partial charge >= 0.3 is 0 Å². The van der Waals surface area contributed by atoms with Gasteiger partial charge in [-0.3, -0.25) is 9.59 Å². The second-order valence-electron chi connectivity index (χ2n) is 10.7. The molecule has 5 heteroatoms. The Morgan fingerprint density at radius 3 is 2.29 bits per heavy atom. The lowest BCUT2D eigenvalue weighted by Gasteiger charge is -2.26. The molecule has 4 rings (SSSR count). The summed E-state index contributed by atoms with van der Waals surface area (Å²) in [4.78, 5) is 29.0. The summed E-state index contributed by atoms with van der Waals surface area (Å²) in [5.74, 6) is -0.0721. The number of benzene rings is 2. The summed E-state index contributed by atoms with van der Waals surface area (Å²) in [7, 11) is 0. The average molecular weight is 462 g/mol. The van der Waals surface area contributed by atoms with E-state index in [0.717, 1.165) is 16.7 Å². The molecule has 1 atom stereocenters. The maximum atomic E-state index is 13.7. The van der Waals surface area contributed by atoms with Crippen LogP contribution >= 0.6 is 0 Å². The van der Waals surface area contributed by atoms with Gasteiger partial charge in [-0.15, -0.1) is 0 Å². The zero-order chi connectivity index (χ0) is 24.8. The van der Waals surface area contributed by atoms with Gasteiger partial charge in [0.2, 0.25) is 5.76 Å². The lowest BCUT2D eigenvalue weighted by Crippen LogP contribution is -2.31. The summed E-state index contributed by atoms with van der Waals surface area (Å²) in [6, 6.07) is 11.5. The van der Waals surface area contributed by atoms with Gasteiger partial charge in [-0.2, -0.15) is 0 Å². The van der Waals surface area contributed by atoms with Crippen LogP contribution in [0.3, 0.4) is 0 Å². The minimum atomic E-state index is -0.474. The van der Waals surface area contributed by atoms with Crippen LogP contribution < -0.4 is 5.43 Å². The normalized spacial score (nSPS) is 16.1. The molecule has 5 nitrogen and oxygen atoms in total. The molecule has 0 saturated carbocycles. The molecule has 0 radical (unpaired) electrons. The van der Waals surface area contributed by atoms with Gasteiger partial charge in [0.15, 0.2) is 5.43 Å². The van der Waals surface area contributed by atoms with Gasteiger partial charge in [0.05, 0.1) is 23.1 Å². The van der Waals surface area contributed by atoms with Gasteiger partial charge in [0, 0.05) is 13.2 Å². The van der Waals surface area contributed by atoms with E-state index in [1.807, 2.05) is 52.0 Å². The highest BCUT2D eigenvalue weighted by molar-refractivity contribution is 5.99. The van der Waals surface area contributed by atoms with Crippen LogP contribution in [-0.2, 0) is 10.2 Å². The third kappa shape index (κ3) is 4.41. The number of hydrogen-bond acceptors (Lipinski definition) is 4. The van der Waals surface area contributed by atoms with Gasteiger partial charge in [0.1, 0.15) is 5.58 Å². The third-order valence-corrected chi connectivity index (χ3v) is 6.67. The van der Waals surface area contributed by atoms with Crippen LogP contribution in [-0.4, -0.2) is 30.1 Å². The zero-order valence-corrected chi connectivity index (χ0v) is 21.3. The Morgan fingerprint density at radius 2 is 1.68 bits per heavy atom. The Bertz CT molecular complexity index is 1280. The van der Waals surface area contributed by atoms with Crippen LogP contribution in [0.5, 0.6) is 0 Å². The highest BCUT2D eigenvalue weighted by atomic mass is 16.5. The molecule has 1 aliphatic heterocycles. The predicted molar refractivity (Wildman–Crippen MR) is 136 cm³/mol. The smallest absolute Gasteiger partial charge is 0.290 e. The van der Waals surface area contributed by atoms with E-state index in [4.69, 9.17) is 9.15 Å². The van der Waals surface area contributed by atoms with E-state index < -0.39 is 6.04 Å². The molecular formula is C29H35NO4. The Hall–Kier alpha value is -2.92. The van der Waals surface area contributed by atoms with Crippen molar-refractivity contribution >= 4 is 16.9 Å². The molecule has 1 unspecified atom stereocenters. The lowest BCUT2D eigenvalue weighted by atomic mass is 9.86. The number of hydrogen-bond donors (Lipinski definition) is 0. The van der Waals surface area contributed by atoms with E-state index in [-0.39, 0.29) is 28.6 Å². The van der Waals surface area contributed by atoms with Gasteiger partial charge < -0.3 is 14.1 Å². The van der Waals surface area contributed by atoms with E-state index in [9.17, 15) is 9.59 Å². The van der Waals surface area contributed by atoms with Gasteiger partial charge in [-0.1, -0.05) is 45.0 Å². The first-order valence-corrected chi connectivity index (χ1v) is 12.1. The zero-order valence-electron chi connectivity index (χ0n) is 21.3. The quantitative estimate of drug-likeness (QED) is 0.418. The molecule has 1 amide bonds. The van der Waals surface area contributed by atoms with E-state index >= 15 is 0 Å². The van der Waals surface area contributed by atoms with E-state index in [1.54, 1.807) is 4.90 Å². The second-order valence-corrected chi connectivity index (χ2v) is 10.7. The molecule has 2 heterocycles. The maximum Gasteiger partial charge on any atom is 0.290 e. The molecule has 0 saturated heterocycles. The van der Waals surface area contributed by atoms with Crippen molar-refractivity contribution in [3.8, 4) is 0 Å². The fourth-order valence-corrected chi connectivity index (χ4v) is 4.57. The number of aryl methyl sites for hydroxylation is 2. The Labute approximate surface area is 201 Å². The molecular weight excluding hydrogens is 426 g/mol. The van der Waals surface area contributed by atoms with Crippen molar-refractivity contribution in [3.63, 3.8) is 0 Å². The number of nitrogens with zero attached hydrogens (tertiary/aromatic N) is 1. The fourth-order valence-electron chi connectivity index (χ4n) is 4.57. The van der Waals surface area contributed by atoms with Crippen LogP contribution in [0.4, 0.5) is 0 Å². The predicted octanol–water partition coefficient (Wildman–Crippen LogP) is 6.07. The number of carbonyl (C=O) groups is 1. The topological polar surface area (TPSA) is 59.8 Å². The maximum absolute atomic E-state index is 13.7. The van der Waals surface area contributed by atoms with Crippen molar-refractivity contribution < 1.29 is 13.9 Å². The third-order valence-electron chi connectivity index (χ3n) is 6.67. The molecule has 0 N–H and O–H groups in total. The Balaban J connectivity index is 1.83. The summed E-state index contributed by atoms with van der Waals surface area (Å²) >= 11 is 0. The fraction of sp³-hybridized carbons (Fsp3) is 0.448. The second kappa shape index (κ2) is 9.03. The summed E-state index contributed by atoms with van der Waals surface area (Å²) in [6.07, 6.45) is 0.813. The average Bonchev–Trinajstić information content (AvgIpc) is 3.04. The molecule has 180 valence electrons. The molecule has 0 aliphatic carbocycles. The molecule has 0 bridgehead atoms. The summed E-state index contributed by atoms with van der Waals surface area (Å²) in [5, 5.41) is 0.524. The highest BCUT2D eigenvalue weighted by Crippen LogP contribution is 2.39. The Morgan fingerprint density at radius 1 is 1.03 bits per heavy atom. The first-order chi connectivity index (χ1) is 16.0. The SMILES string of the molecule is Cc1cc2oc3c(c(=O)c2cc1C)C(c1ccc(C(C)(C)C)cc1)N(CCCOC(C)C)C3=O. The summed E-state index contributed by atoms with van der Waals surface area (Å²) in [6.45, 7) is 15.5. The number of rotatable bonds is 6. The first kappa shape index (κ1) is 24.2. The monoisotopic (exact) mass is 461 g/mol. The molecule has 2 aromatic carbocycles. The number of amides is 1. The van der Waals surface area contributed by atoms with Crippen molar-refractivity contribution in [2.75, 3.05) is 13.2 Å². The lowest BCUT2D eigenvalue weighted by molar-refractivity contribution is 0.0593. The van der Waals surface area contributed by atoms with Gasteiger partial charge in [0.25, 0.3) is 5.91 Å².